The standard InChI is InChI=1S/C33H49N3O5/c1-7-9-14-20-34-30(38)29(26-18-19-28(37)24(3)22-26)36(21-15-10-8-2)31(39)27(23-25-16-12-11-13-17-25)35-32(40)41-33(4,5)6/h11-13,16-19,22,27,29,37H,7-10,14-15,20-21,23H2,1-6H3,(H,34,38)(H,35,40). The molecule has 3 amide bonds. The van der Waals surface area contributed by atoms with Crippen molar-refractivity contribution in [3.63, 3.8) is 0 Å². The number of carbonyl (C=O) groups is 3. The van der Waals surface area contributed by atoms with Crippen molar-refractivity contribution >= 4 is 17.9 Å². The number of unbranched alkanes of at least 4 members (excludes halogenated alkanes) is 4. The van der Waals surface area contributed by atoms with E-state index in [-0.39, 0.29) is 24.0 Å². The van der Waals surface area contributed by atoms with Gasteiger partial charge in [0, 0.05) is 19.5 Å². The van der Waals surface area contributed by atoms with E-state index in [1.54, 1.807) is 50.8 Å². The lowest BCUT2D eigenvalue weighted by atomic mass is 9.98. The predicted octanol–water partition coefficient (Wildman–Crippen LogP) is 6.20. The van der Waals surface area contributed by atoms with Crippen LogP contribution in [0.2, 0.25) is 0 Å². The molecule has 0 aliphatic heterocycles. The molecule has 0 radical (unpaired) electrons. The van der Waals surface area contributed by atoms with Gasteiger partial charge in [-0.05, 0) is 69.4 Å². The topological polar surface area (TPSA) is 108 Å². The number of rotatable bonds is 15. The van der Waals surface area contributed by atoms with E-state index in [2.05, 4.69) is 24.5 Å². The van der Waals surface area contributed by atoms with Crippen molar-refractivity contribution in [3.05, 3.63) is 65.2 Å². The molecule has 0 aliphatic carbocycles. The molecule has 0 saturated carbocycles. The first-order chi connectivity index (χ1) is 19.5. The summed E-state index contributed by atoms with van der Waals surface area (Å²) in [5, 5.41) is 16.0. The molecule has 0 heterocycles. The monoisotopic (exact) mass is 567 g/mol. The number of phenolic OH excluding ortho intramolecular Hbond substituents is 1. The number of ether oxygens (including phenoxy) is 1. The predicted molar refractivity (Wildman–Crippen MR) is 163 cm³/mol. The largest absolute Gasteiger partial charge is 0.508 e. The van der Waals surface area contributed by atoms with Gasteiger partial charge in [0.15, 0.2) is 0 Å². The summed E-state index contributed by atoms with van der Waals surface area (Å²) >= 11 is 0. The van der Waals surface area contributed by atoms with E-state index in [1.165, 1.54) is 0 Å². The van der Waals surface area contributed by atoms with Crippen LogP contribution in [-0.2, 0) is 20.7 Å². The first-order valence-electron chi connectivity index (χ1n) is 14.9. The Morgan fingerprint density at radius 2 is 1.61 bits per heavy atom. The molecule has 2 rings (SSSR count). The molecule has 2 aromatic carbocycles. The van der Waals surface area contributed by atoms with Crippen molar-refractivity contribution in [1.29, 1.82) is 0 Å². The maximum absolute atomic E-state index is 14.4. The summed E-state index contributed by atoms with van der Waals surface area (Å²) < 4.78 is 5.50. The van der Waals surface area contributed by atoms with Gasteiger partial charge in [-0.25, -0.2) is 4.79 Å². The molecule has 8 heteroatoms. The second kappa shape index (κ2) is 16.7. The third kappa shape index (κ3) is 11.5. The maximum Gasteiger partial charge on any atom is 0.408 e. The van der Waals surface area contributed by atoms with Crippen molar-refractivity contribution in [2.24, 2.45) is 0 Å². The van der Waals surface area contributed by atoms with E-state index < -0.39 is 23.8 Å². The van der Waals surface area contributed by atoms with Crippen LogP contribution in [0, 0.1) is 6.92 Å². The van der Waals surface area contributed by atoms with Crippen LogP contribution in [-0.4, -0.2) is 52.6 Å². The molecule has 2 aromatic rings. The van der Waals surface area contributed by atoms with E-state index in [0.717, 1.165) is 37.7 Å². The number of hydrogen-bond acceptors (Lipinski definition) is 5. The number of nitrogens with zero attached hydrogens (tertiary/aromatic N) is 1. The summed E-state index contributed by atoms with van der Waals surface area (Å²) in [6.07, 6.45) is 4.92. The average molecular weight is 568 g/mol. The molecule has 0 bridgehead atoms. The van der Waals surface area contributed by atoms with Gasteiger partial charge in [-0.3, -0.25) is 9.59 Å². The molecule has 2 unspecified atom stereocenters. The molecule has 0 saturated heterocycles. The van der Waals surface area contributed by atoms with Gasteiger partial charge in [0.05, 0.1) is 0 Å². The van der Waals surface area contributed by atoms with Crippen molar-refractivity contribution < 1.29 is 24.2 Å². The Morgan fingerprint density at radius 1 is 0.951 bits per heavy atom. The highest BCUT2D eigenvalue weighted by Crippen LogP contribution is 2.28. The van der Waals surface area contributed by atoms with Crippen LogP contribution in [0.3, 0.4) is 0 Å². The minimum Gasteiger partial charge on any atom is -0.508 e. The van der Waals surface area contributed by atoms with E-state index in [4.69, 9.17) is 4.74 Å². The minimum absolute atomic E-state index is 0.119. The lowest BCUT2D eigenvalue weighted by Crippen LogP contribution is -2.54. The zero-order chi connectivity index (χ0) is 30.4. The van der Waals surface area contributed by atoms with E-state index in [1.807, 2.05) is 30.3 Å². The first-order valence-corrected chi connectivity index (χ1v) is 14.9. The SMILES string of the molecule is CCCCCNC(=O)C(c1ccc(O)c(C)c1)N(CCCCC)C(=O)C(Cc1ccccc1)NC(=O)OC(C)(C)C. The Morgan fingerprint density at radius 3 is 2.22 bits per heavy atom. The van der Waals surface area contributed by atoms with Gasteiger partial charge in [-0.15, -0.1) is 0 Å². The van der Waals surface area contributed by atoms with Crippen LogP contribution < -0.4 is 10.6 Å². The number of carbonyl (C=O) groups excluding carboxylic acids is 3. The smallest absolute Gasteiger partial charge is 0.408 e. The normalized spacial score (nSPS) is 12.7. The molecule has 3 N–H and O–H groups in total. The van der Waals surface area contributed by atoms with Crippen molar-refractivity contribution in [2.45, 2.75) is 104 Å². The highest BCUT2D eigenvalue weighted by atomic mass is 16.6. The number of aryl methyl sites for hydroxylation is 1. The number of benzene rings is 2. The number of hydrogen-bond donors (Lipinski definition) is 3. The highest BCUT2D eigenvalue weighted by molar-refractivity contribution is 5.92. The second-order valence-electron chi connectivity index (χ2n) is 11.6. The molecular formula is C33H49N3O5. The lowest BCUT2D eigenvalue weighted by molar-refractivity contribution is -0.142. The Kier molecular flexibility index (Phi) is 13.7. The van der Waals surface area contributed by atoms with Crippen LogP contribution in [0.25, 0.3) is 0 Å². The van der Waals surface area contributed by atoms with Crippen molar-refractivity contribution in [1.82, 2.24) is 15.5 Å². The Hall–Kier alpha value is -3.55. The van der Waals surface area contributed by atoms with E-state index in [9.17, 15) is 19.5 Å². The van der Waals surface area contributed by atoms with E-state index >= 15 is 0 Å². The number of phenols is 1. The first kappa shape index (κ1) is 33.7. The minimum atomic E-state index is -0.956. The molecule has 0 fully saturated rings. The molecule has 226 valence electrons. The molecule has 0 spiro atoms. The quantitative estimate of drug-likeness (QED) is 0.222. The van der Waals surface area contributed by atoms with Crippen molar-refractivity contribution in [3.8, 4) is 5.75 Å². The summed E-state index contributed by atoms with van der Waals surface area (Å²) in [6.45, 7) is 12.1. The Balaban J connectivity index is 2.53. The molecule has 0 aromatic heterocycles. The zero-order valence-electron chi connectivity index (χ0n) is 25.7. The lowest BCUT2D eigenvalue weighted by Gasteiger charge is -2.35. The van der Waals surface area contributed by atoms with Crippen LogP contribution in [0.5, 0.6) is 5.75 Å². The van der Waals surface area contributed by atoms with Crippen molar-refractivity contribution in [2.75, 3.05) is 13.1 Å². The number of alkyl carbamates (subject to hydrolysis) is 1. The Labute approximate surface area is 245 Å². The van der Waals surface area contributed by atoms with Gasteiger partial charge in [0.25, 0.3) is 0 Å². The fraction of sp³-hybridized carbons (Fsp3) is 0.545. The molecule has 41 heavy (non-hydrogen) atoms. The van der Waals surface area contributed by atoms with Gasteiger partial charge in [0.2, 0.25) is 11.8 Å². The van der Waals surface area contributed by atoms with Gasteiger partial charge in [-0.1, -0.05) is 75.9 Å². The van der Waals surface area contributed by atoms with Gasteiger partial charge >= 0.3 is 6.09 Å². The number of nitrogens with one attached hydrogen (secondary N) is 2. The summed E-state index contributed by atoms with van der Waals surface area (Å²) in [7, 11) is 0. The summed E-state index contributed by atoms with van der Waals surface area (Å²) in [5.41, 5.74) is 1.35. The third-order valence-electron chi connectivity index (χ3n) is 6.73. The number of amides is 3. The fourth-order valence-corrected chi connectivity index (χ4v) is 4.60. The van der Waals surface area contributed by atoms with Gasteiger partial charge in [0.1, 0.15) is 23.4 Å². The van der Waals surface area contributed by atoms with E-state index in [0.29, 0.717) is 30.6 Å². The maximum atomic E-state index is 14.4. The molecular weight excluding hydrogens is 518 g/mol. The molecule has 8 nitrogen and oxygen atoms in total. The second-order valence-corrected chi connectivity index (χ2v) is 11.6. The third-order valence-corrected chi connectivity index (χ3v) is 6.73. The van der Waals surface area contributed by atoms with Crippen LogP contribution in [0.4, 0.5) is 4.79 Å². The van der Waals surface area contributed by atoms with Crippen LogP contribution >= 0.6 is 0 Å². The highest BCUT2D eigenvalue weighted by Gasteiger charge is 2.36. The number of aromatic hydroxyl groups is 1. The van der Waals surface area contributed by atoms with Crippen LogP contribution in [0.1, 0.15) is 95.9 Å². The van der Waals surface area contributed by atoms with Gasteiger partial charge in [-0.2, -0.15) is 0 Å². The summed E-state index contributed by atoms with van der Waals surface area (Å²) in [5.74, 6) is -0.532. The average Bonchev–Trinajstić information content (AvgIpc) is 2.91. The summed E-state index contributed by atoms with van der Waals surface area (Å²) in [4.78, 5) is 42.7. The van der Waals surface area contributed by atoms with Crippen LogP contribution in [0.15, 0.2) is 48.5 Å². The Bertz CT molecular complexity index is 1110. The van der Waals surface area contributed by atoms with Gasteiger partial charge < -0.3 is 25.4 Å². The zero-order valence-corrected chi connectivity index (χ0v) is 25.7. The fourth-order valence-electron chi connectivity index (χ4n) is 4.60. The molecule has 2 atom stereocenters. The molecule has 0 aliphatic rings. The summed E-state index contributed by atoms with van der Waals surface area (Å²) in [6, 6.07) is 12.6.